The molecule has 0 fully saturated rings. The molecule has 1 aromatic heterocycles. The number of aromatic nitrogens is 1. The van der Waals surface area contributed by atoms with E-state index in [4.69, 9.17) is 0 Å². The molecule has 0 aliphatic heterocycles. The Balaban J connectivity index is 2.47. The van der Waals surface area contributed by atoms with Crippen LogP contribution < -0.4 is 4.90 Å². The van der Waals surface area contributed by atoms with Crippen LogP contribution in [0, 0.1) is 25.2 Å². The summed E-state index contributed by atoms with van der Waals surface area (Å²) in [5.41, 5.74) is 5.06. The predicted molar refractivity (Wildman–Crippen MR) is 85.3 cm³/mol. The summed E-state index contributed by atoms with van der Waals surface area (Å²) < 4.78 is 4.30. The number of anilines is 1. The van der Waals surface area contributed by atoms with Crippen LogP contribution in [0.15, 0.2) is 18.2 Å². The van der Waals surface area contributed by atoms with E-state index in [1.54, 1.807) is 0 Å². The lowest BCUT2D eigenvalue weighted by atomic mass is 10.0. The minimum atomic E-state index is 0.702. The van der Waals surface area contributed by atoms with Gasteiger partial charge in [0.05, 0.1) is 16.1 Å². The van der Waals surface area contributed by atoms with E-state index in [0.717, 1.165) is 29.2 Å². The fourth-order valence-electron chi connectivity index (χ4n) is 2.37. The van der Waals surface area contributed by atoms with E-state index < -0.39 is 0 Å². The van der Waals surface area contributed by atoms with Gasteiger partial charge in [-0.2, -0.15) is 9.64 Å². The maximum Gasteiger partial charge on any atom is 0.103 e. The van der Waals surface area contributed by atoms with Gasteiger partial charge in [-0.15, -0.1) is 0 Å². The third-order valence-corrected chi connectivity index (χ3v) is 4.53. The van der Waals surface area contributed by atoms with Crippen molar-refractivity contribution in [1.82, 2.24) is 4.37 Å². The molecule has 0 aliphatic rings. The summed E-state index contributed by atoms with van der Waals surface area (Å²) in [6.45, 7) is 10.3. The highest BCUT2D eigenvalue weighted by atomic mass is 32.1. The van der Waals surface area contributed by atoms with E-state index >= 15 is 0 Å². The van der Waals surface area contributed by atoms with Crippen LogP contribution in [0.1, 0.15) is 30.7 Å². The van der Waals surface area contributed by atoms with E-state index in [1.165, 1.54) is 22.8 Å². The van der Waals surface area contributed by atoms with Crippen LogP contribution in [0.5, 0.6) is 0 Å². The lowest BCUT2D eigenvalue weighted by Crippen LogP contribution is -2.21. The fourth-order valence-corrected chi connectivity index (χ4v) is 3.30. The molecule has 2 rings (SSSR count). The van der Waals surface area contributed by atoms with Gasteiger partial charge in [-0.05, 0) is 62.5 Å². The Labute approximate surface area is 124 Å². The van der Waals surface area contributed by atoms with Crippen LogP contribution in [0.25, 0.3) is 10.4 Å². The Morgan fingerprint density at radius 2 is 1.95 bits per heavy atom. The van der Waals surface area contributed by atoms with Crippen molar-refractivity contribution in [3.63, 3.8) is 0 Å². The zero-order valence-corrected chi connectivity index (χ0v) is 13.2. The molecule has 0 saturated heterocycles. The molecule has 0 N–H and O–H groups in total. The van der Waals surface area contributed by atoms with Crippen molar-refractivity contribution in [1.29, 1.82) is 5.26 Å². The van der Waals surface area contributed by atoms with Gasteiger partial charge in [-0.3, -0.25) is 0 Å². The van der Waals surface area contributed by atoms with E-state index in [1.807, 2.05) is 6.92 Å². The van der Waals surface area contributed by atoms with Gasteiger partial charge in [0.1, 0.15) is 6.07 Å². The van der Waals surface area contributed by atoms with E-state index in [9.17, 15) is 5.26 Å². The summed E-state index contributed by atoms with van der Waals surface area (Å²) in [6.07, 6.45) is 0. The maximum atomic E-state index is 9.27. The number of rotatable bonds is 4. The predicted octanol–water partition coefficient (Wildman–Crippen LogP) is 4.14. The molecule has 0 aliphatic carbocycles. The fraction of sp³-hybridized carbons (Fsp3) is 0.375. The SMILES string of the molecule is CCN(CC)c1ccc(-c2snc(C)c2C#N)c(C)c1. The van der Waals surface area contributed by atoms with Gasteiger partial charge in [0, 0.05) is 18.8 Å². The van der Waals surface area contributed by atoms with Gasteiger partial charge in [-0.25, -0.2) is 0 Å². The largest absolute Gasteiger partial charge is 0.372 e. The summed E-state index contributed by atoms with van der Waals surface area (Å²) in [4.78, 5) is 3.30. The van der Waals surface area contributed by atoms with E-state index in [2.05, 4.69) is 54.3 Å². The van der Waals surface area contributed by atoms with Crippen molar-refractivity contribution in [3.05, 3.63) is 35.0 Å². The normalized spacial score (nSPS) is 10.3. The summed E-state index contributed by atoms with van der Waals surface area (Å²) in [5.74, 6) is 0. The highest BCUT2D eigenvalue weighted by Gasteiger charge is 2.14. The van der Waals surface area contributed by atoms with Crippen LogP contribution in [0.4, 0.5) is 5.69 Å². The van der Waals surface area contributed by atoms with Crippen molar-refractivity contribution in [2.24, 2.45) is 0 Å². The lowest BCUT2D eigenvalue weighted by molar-refractivity contribution is 0.866. The second-order valence-electron chi connectivity index (χ2n) is 4.76. The van der Waals surface area contributed by atoms with Crippen LogP contribution in [0.2, 0.25) is 0 Å². The molecule has 4 heteroatoms. The maximum absolute atomic E-state index is 9.27. The van der Waals surface area contributed by atoms with Gasteiger partial charge < -0.3 is 4.90 Å². The number of nitrogens with zero attached hydrogens (tertiary/aromatic N) is 3. The molecule has 1 heterocycles. The second kappa shape index (κ2) is 6.06. The number of hydrogen-bond acceptors (Lipinski definition) is 4. The summed E-state index contributed by atoms with van der Waals surface area (Å²) in [5, 5.41) is 9.27. The highest BCUT2D eigenvalue weighted by Crippen LogP contribution is 2.33. The molecule has 0 saturated carbocycles. The molecular weight excluding hydrogens is 266 g/mol. The van der Waals surface area contributed by atoms with Crippen LogP contribution >= 0.6 is 11.5 Å². The lowest BCUT2D eigenvalue weighted by Gasteiger charge is -2.22. The quantitative estimate of drug-likeness (QED) is 0.847. The Bertz CT molecular complexity index is 648. The molecule has 0 spiro atoms. The van der Waals surface area contributed by atoms with Crippen molar-refractivity contribution in [2.75, 3.05) is 18.0 Å². The molecule has 20 heavy (non-hydrogen) atoms. The Hall–Kier alpha value is -1.86. The minimum Gasteiger partial charge on any atom is -0.372 e. The van der Waals surface area contributed by atoms with Gasteiger partial charge in [0.25, 0.3) is 0 Å². The minimum absolute atomic E-state index is 0.702. The Kier molecular flexibility index (Phi) is 4.41. The molecule has 0 atom stereocenters. The molecule has 3 nitrogen and oxygen atoms in total. The topological polar surface area (TPSA) is 39.9 Å². The first-order chi connectivity index (χ1) is 9.62. The van der Waals surface area contributed by atoms with Gasteiger partial charge in [-0.1, -0.05) is 6.07 Å². The smallest absolute Gasteiger partial charge is 0.103 e. The number of nitriles is 1. The Morgan fingerprint density at radius 3 is 2.50 bits per heavy atom. The van der Waals surface area contributed by atoms with Crippen molar-refractivity contribution >= 4 is 17.2 Å². The number of hydrogen-bond donors (Lipinski definition) is 0. The highest BCUT2D eigenvalue weighted by molar-refractivity contribution is 7.10. The molecule has 0 bridgehead atoms. The third kappa shape index (κ3) is 2.54. The first-order valence-electron chi connectivity index (χ1n) is 6.84. The van der Waals surface area contributed by atoms with Gasteiger partial charge in [0.2, 0.25) is 0 Å². The zero-order valence-electron chi connectivity index (χ0n) is 12.4. The van der Waals surface area contributed by atoms with Crippen molar-refractivity contribution in [2.45, 2.75) is 27.7 Å². The van der Waals surface area contributed by atoms with Crippen LogP contribution in [0.3, 0.4) is 0 Å². The average molecular weight is 285 g/mol. The molecule has 104 valence electrons. The summed E-state index contributed by atoms with van der Waals surface area (Å²) in [7, 11) is 0. The van der Waals surface area contributed by atoms with E-state index in [-0.39, 0.29) is 0 Å². The second-order valence-corrected chi connectivity index (χ2v) is 5.53. The molecule has 0 radical (unpaired) electrons. The van der Waals surface area contributed by atoms with Gasteiger partial charge >= 0.3 is 0 Å². The molecule has 1 aromatic carbocycles. The Morgan fingerprint density at radius 1 is 1.25 bits per heavy atom. The van der Waals surface area contributed by atoms with Crippen LogP contribution in [-0.2, 0) is 0 Å². The summed E-state index contributed by atoms with van der Waals surface area (Å²) in [6, 6.07) is 8.70. The molecule has 0 unspecified atom stereocenters. The molecule has 0 amide bonds. The zero-order chi connectivity index (χ0) is 14.7. The monoisotopic (exact) mass is 285 g/mol. The first-order valence-corrected chi connectivity index (χ1v) is 7.62. The standard InChI is InChI=1S/C16H19N3S/c1-5-19(6-2)13-7-8-14(11(3)9-13)16-15(10-17)12(4)18-20-16/h7-9H,5-6H2,1-4H3. The third-order valence-electron chi connectivity index (χ3n) is 3.56. The van der Waals surface area contributed by atoms with E-state index in [0.29, 0.717) is 5.56 Å². The van der Waals surface area contributed by atoms with Gasteiger partial charge in [0.15, 0.2) is 0 Å². The van der Waals surface area contributed by atoms with Crippen LogP contribution in [-0.4, -0.2) is 17.5 Å². The average Bonchev–Trinajstić information content (AvgIpc) is 2.81. The number of aryl methyl sites for hydroxylation is 2. The molecular formula is C16H19N3S. The first kappa shape index (κ1) is 14.5. The summed E-state index contributed by atoms with van der Waals surface area (Å²) >= 11 is 1.41. The number of benzene rings is 1. The van der Waals surface area contributed by atoms with Crippen molar-refractivity contribution < 1.29 is 0 Å². The molecule has 2 aromatic rings. The van der Waals surface area contributed by atoms with Crippen molar-refractivity contribution in [3.8, 4) is 16.5 Å².